The molecule has 0 bridgehead atoms. The molecule has 0 N–H and O–H groups in total. The van der Waals surface area contributed by atoms with E-state index < -0.39 is 15.8 Å². The van der Waals surface area contributed by atoms with Gasteiger partial charge in [0.05, 0.1) is 29.9 Å². The van der Waals surface area contributed by atoms with E-state index in [1.165, 1.54) is 16.4 Å². The van der Waals surface area contributed by atoms with Crippen molar-refractivity contribution in [1.82, 2.24) is 19.3 Å². The van der Waals surface area contributed by atoms with Crippen molar-refractivity contribution in [1.29, 1.82) is 0 Å². The minimum absolute atomic E-state index is 0.0555. The fourth-order valence-electron chi connectivity index (χ4n) is 2.79. The van der Waals surface area contributed by atoms with Crippen LogP contribution in [0.3, 0.4) is 0 Å². The maximum Gasteiger partial charge on any atom is 0.243 e. The summed E-state index contributed by atoms with van der Waals surface area (Å²) < 4.78 is 45.8. The van der Waals surface area contributed by atoms with Crippen LogP contribution < -0.4 is 4.74 Å². The first-order valence-corrected chi connectivity index (χ1v) is 9.24. The first kappa shape index (κ1) is 16.8. The molecule has 0 radical (unpaired) electrons. The Morgan fingerprint density at radius 2 is 1.92 bits per heavy atom. The number of piperidine rings is 1. The molecule has 0 amide bonds. The summed E-state index contributed by atoms with van der Waals surface area (Å²) in [5.41, 5.74) is 0. The first-order valence-electron chi connectivity index (χ1n) is 7.80. The van der Waals surface area contributed by atoms with Crippen molar-refractivity contribution in [3.63, 3.8) is 0 Å². The Kier molecular flexibility index (Phi) is 4.81. The molecule has 9 heteroatoms. The van der Waals surface area contributed by atoms with Crippen LogP contribution in [0.25, 0.3) is 0 Å². The van der Waals surface area contributed by atoms with E-state index >= 15 is 0 Å². The van der Waals surface area contributed by atoms with Gasteiger partial charge in [-0.2, -0.15) is 19.3 Å². The largest absolute Gasteiger partial charge is 0.491 e. The molecule has 3 rings (SSSR count). The molecule has 0 unspecified atom stereocenters. The van der Waals surface area contributed by atoms with E-state index in [9.17, 15) is 12.8 Å². The number of nitrogens with zero attached hydrogens (tertiary/aromatic N) is 4. The molecule has 1 aliphatic heterocycles. The van der Waals surface area contributed by atoms with Gasteiger partial charge in [0.15, 0.2) is 11.6 Å². The smallest absolute Gasteiger partial charge is 0.243 e. The predicted octanol–water partition coefficient (Wildman–Crippen LogP) is 1.84. The standard InChI is InChI=1S/C15H19FN4O3S/c1-2-23-15-4-3-13(11-14(15)16)24(21,22)19-9-5-12(6-10-19)20-17-7-8-18-20/h3-4,7-8,11-12H,2,5-6,9-10H2,1H3. The fraction of sp³-hybridized carbons (Fsp3) is 0.467. The molecule has 0 aliphatic carbocycles. The van der Waals surface area contributed by atoms with Gasteiger partial charge in [-0.05, 0) is 38.0 Å². The maximum absolute atomic E-state index is 14.0. The number of aromatic nitrogens is 3. The van der Waals surface area contributed by atoms with Gasteiger partial charge in [0.1, 0.15) is 0 Å². The number of ether oxygens (including phenoxy) is 1. The lowest BCUT2D eigenvalue weighted by molar-refractivity contribution is 0.245. The van der Waals surface area contributed by atoms with Crippen LogP contribution in [-0.2, 0) is 10.0 Å². The molecule has 1 saturated heterocycles. The van der Waals surface area contributed by atoms with Gasteiger partial charge in [-0.1, -0.05) is 0 Å². The highest BCUT2D eigenvalue weighted by molar-refractivity contribution is 7.89. The van der Waals surface area contributed by atoms with Gasteiger partial charge in [-0.3, -0.25) is 0 Å². The quantitative estimate of drug-likeness (QED) is 0.819. The number of sulfonamides is 1. The third-order valence-electron chi connectivity index (χ3n) is 4.03. The summed E-state index contributed by atoms with van der Waals surface area (Å²) >= 11 is 0. The summed E-state index contributed by atoms with van der Waals surface area (Å²) in [7, 11) is -3.72. The van der Waals surface area contributed by atoms with Crippen molar-refractivity contribution in [3.8, 4) is 5.75 Å². The van der Waals surface area contributed by atoms with Crippen LogP contribution in [-0.4, -0.2) is 47.4 Å². The second-order valence-corrected chi connectivity index (χ2v) is 7.45. The topological polar surface area (TPSA) is 77.3 Å². The minimum Gasteiger partial charge on any atom is -0.491 e. The normalized spacial score (nSPS) is 17.1. The Morgan fingerprint density at radius 1 is 1.25 bits per heavy atom. The second-order valence-electron chi connectivity index (χ2n) is 5.51. The van der Waals surface area contributed by atoms with E-state index in [-0.39, 0.29) is 16.7 Å². The highest BCUT2D eigenvalue weighted by Crippen LogP contribution is 2.28. The molecule has 130 valence electrons. The number of hydrogen-bond acceptors (Lipinski definition) is 5. The van der Waals surface area contributed by atoms with Crippen molar-refractivity contribution in [2.24, 2.45) is 0 Å². The Bertz CT molecular complexity index is 787. The number of hydrogen-bond donors (Lipinski definition) is 0. The van der Waals surface area contributed by atoms with Gasteiger partial charge < -0.3 is 4.74 Å². The molecule has 1 aromatic carbocycles. The summed E-state index contributed by atoms with van der Waals surface area (Å²) in [4.78, 5) is 1.56. The average molecular weight is 354 g/mol. The van der Waals surface area contributed by atoms with Gasteiger partial charge in [0, 0.05) is 13.1 Å². The van der Waals surface area contributed by atoms with Gasteiger partial charge in [-0.15, -0.1) is 0 Å². The monoisotopic (exact) mass is 354 g/mol. The lowest BCUT2D eigenvalue weighted by Gasteiger charge is -2.30. The molecule has 7 nitrogen and oxygen atoms in total. The third-order valence-corrected chi connectivity index (χ3v) is 5.92. The molecule has 2 aromatic rings. The predicted molar refractivity (Wildman–Crippen MR) is 84.6 cm³/mol. The molecule has 2 heterocycles. The van der Waals surface area contributed by atoms with Gasteiger partial charge >= 0.3 is 0 Å². The van der Waals surface area contributed by atoms with Crippen LogP contribution in [0.2, 0.25) is 0 Å². The zero-order chi connectivity index (χ0) is 17.2. The summed E-state index contributed by atoms with van der Waals surface area (Å²) in [6, 6.07) is 3.83. The van der Waals surface area contributed by atoms with Gasteiger partial charge in [0.2, 0.25) is 10.0 Å². The fourth-order valence-corrected chi connectivity index (χ4v) is 4.27. The van der Waals surface area contributed by atoms with E-state index in [0.29, 0.717) is 32.5 Å². The van der Waals surface area contributed by atoms with E-state index in [1.54, 1.807) is 24.1 Å². The van der Waals surface area contributed by atoms with Crippen molar-refractivity contribution in [2.75, 3.05) is 19.7 Å². The van der Waals surface area contributed by atoms with E-state index in [2.05, 4.69) is 10.2 Å². The van der Waals surface area contributed by atoms with Crippen LogP contribution in [0.1, 0.15) is 25.8 Å². The van der Waals surface area contributed by atoms with Crippen LogP contribution in [0, 0.1) is 5.82 Å². The van der Waals surface area contributed by atoms with Crippen LogP contribution in [0.4, 0.5) is 4.39 Å². The number of rotatable bonds is 5. The van der Waals surface area contributed by atoms with E-state index in [1.807, 2.05) is 0 Å². The first-order chi connectivity index (χ1) is 11.5. The highest BCUT2D eigenvalue weighted by atomic mass is 32.2. The average Bonchev–Trinajstić information content (AvgIpc) is 3.11. The summed E-state index contributed by atoms with van der Waals surface area (Å²) in [5, 5.41) is 8.20. The SMILES string of the molecule is CCOc1ccc(S(=O)(=O)N2CCC(n3nccn3)CC2)cc1F. The van der Waals surface area contributed by atoms with E-state index in [4.69, 9.17) is 4.74 Å². The van der Waals surface area contributed by atoms with E-state index in [0.717, 1.165) is 6.07 Å². The number of halogens is 1. The molecule has 1 aliphatic rings. The zero-order valence-electron chi connectivity index (χ0n) is 13.3. The molecule has 1 fully saturated rings. The molecule has 0 saturated carbocycles. The Hall–Kier alpha value is -2.00. The van der Waals surface area contributed by atoms with Crippen LogP contribution in [0.15, 0.2) is 35.5 Å². The zero-order valence-corrected chi connectivity index (χ0v) is 14.1. The van der Waals surface area contributed by atoms with Crippen molar-refractivity contribution in [2.45, 2.75) is 30.7 Å². The molecular formula is C15H19FN4O3S. The Balaban J connectivity index is 1.73. The van der Waals surface area contributed by atoms with Crippen molar-refractivity contribution >= 4 is 10.0 Å². The maximum atomic E-state index is 14.0. The van der Waals surface area contributed by atoms with Gasteiger partial charge in [-0.25, -0.2) is 12.8 Å². The van der Waals surface area contributed by atoms with Crippen LogP contribution in [0.5, 0.6) is 5.75 Å². The molecule has 0 atom stereocenters. The molecule has 0 spiro atoms. The lowest BCUT2D eigenvalue weighted by Crippen LogP contribution is -2.39. The Morgan fingerprint density at radius 3 is 2.50 bits per heavy atom. The van der Waals surface area contributed by atoms with Crippen LogP contribution >= 0.6 is 0 Å². The minimum atomic E-state index is -3.72. The Labute approximate surface area is 140 Å². The van der Waals surface area contributed by atoms with Crippen molar-refractivity contribution < 1.29 is 17.5 Å². The molecule has 1 aromatic heterocycles. The third kappa shape index (κ3) is 3.27. The van der Waals surface area contributed by atoms with Gasteiger partial charge in [0.25, 0.3) is 0 Å². The molecular weight excluding hydrogens is 335 g/mol. The van der Waals surface area contributed by atoms with Crippen molar-refractivity contribution in [3.05, 3.63) is 36.4 Å². The highest BCUT2D eigenvalue weighted by Gasteiger charge is 2.31. The summed E-state index contributed by atoms with van der Waals surface area (Å²) in [6.07, 6.45) is 4.44. The molecule has 24 heavy (non-hydrogen) atoms. The second kappa shape index (κ2) is 6.86. The number of benzene rings is 1. The summed E-state index contributed by atoms with van der Waals surface area (Å²) in [5.74, 6) is -0.617. The lowest BCUT2D eigenvalue weighted by atomic mass is 10.1. The summed E-state index contributed by atoms with van der Waals surface area (Å²) in [6.45, 7) is 2.76.